The Labute approximate surface area is 97.6 Å². The van der Waals surface area contributed by atoms with Gasteiger partial charge in [0.15, 0.2) is 0 Å². The van der Waals surface area contributed by atoms with Crippen LogP contribution in [-0.2, 0) is 4.74 Å². The molecule has 15 heavy (non-hydrogen) atoms. The standard InChI is InChI=1S/C9H18O.C3H8.C2H6/c1-3-10-9-6-4-8(2)5-7-9;1-3-2;1-2/h8-9H,3-7H2,1-2H3;3H2,1-2H3;1-2H3. The van der Waals surface area contributed by atoms with Gasteiger partial charge in [0, 0.05) is 6.61 Å². The second-order valence-electron chi connectivity index (χ2n) is 4.04. The Kier molecular flexibility index (Phi) is 16.2. The van der Waals surface area contributed by atoms with Gasteiger partial charge in [-0.05, 0) is 38.5 Å². The molecule has 0 aromatic carbocycles. The number of ether oxygens (including phenoxy) is 1. The minimum Gasteiger partial charge on any atom is -0.379 e. The molecule has 94 valence electrons. The van der Waals surface area contributed by atoms with Crippen molar-refractivity contribution in [1.29, 1.82) is 0 Å². The van der Waals surface area contributed by atoms with Crippen molar-refractivity contribution in [2.24, 2.45) is 5.92 Å². The first kappa shape index (κ1) is 17.4. The maximum atomic E-state index is 5.53. The Morgan fingerprint density at radius 1 is 0.933 bits per heavy atom. The predicted octanol–water partition coefficient (Wildman–Crippen LogP) is 5.04. The number of rotatable bonds is 2. The summed E-state index contributed by atoms with van der Waals surface area (Å²) in [6.07, 6.45) is 7.14. The lowest BCUT2D eigenvalue weighted by Gasteiger charge is -2.25. The Morgan fingerprint density at radius 2 is 1.33 bits per heavy atom. The molecule has 1 aliphatic carbocycles. The van der Waals surface area contributed by atoms with Crippen LogP contribution in [0.3, 0.4) is 0 Å². The minimum absolute atomic E-state index is 0.584. The molecule has 0 saturated heterocycles. The van der Waals surface area contributed by atoms with Crippen LogP contribution in [0.25, 0.3) is 0 Å². The Balaban J connectivity index is 0. The topological polar surface area (TPSA) is 9.23 Å². The highest BCUT2D eigenvalue weighted by Crippen LogP contribution is 2.25. The average Bonchev–Trinajstić information content (AvgIpc) is 2.26. The molecule has 1 heteroatoms. The van der Waals surface area contributed by atoms with E-state index in [1.165, 1.54) is 32.1 Å². The quantitative estimate of drug-likeness (QED) is 0.628. The van der Waals surface area contributed by atoms with Crippen LogP contribution in [0.5, 0.6) is 0 Å². The largest absolute Gasteiger partial charge is 0.379 e. The Hall–Kier alpha value is -0.0400. The first-order chi connectivity index (χ1) is 7.24. The molecule has 1 nitrogen and oxygen atoms in total. The number of hydrogen-bond acceptors (Lipinski definition) is 1. The summed E-state index contributed by atoms with van der Waals surface area (Å²) in [4.78, 5) is 0. The molecule has 1 fully saturated rings. The van der Waals surface area contributed by atoms with E-state index in [2.05, 4.69) is 27.7 Å². The number of hydrogen-bond donors (Lipinski definition) is 0. The monoisotopic (exact) mass is 216 g/mol. The molecule has 0 radical (unpaired) electrons. The van der Waals surface area contributed by atoms with Gasteiger partial charge in [0.2, 0.25) is 0 Å². The maximum Gasteiger partial charge on any atom is 0.0575 e. The molecule has 0 spiro atoms. The fourth-order valence-corrected chi connectivity index (χ4v) is 1.63. The van der Waals surface area contributed by atoms with Gasteiger partial charge in [0.25, 0.3) is 0 Å². The van der Waals surface area contributed by atoms with Crippen molar-refractivity contribution < 1.29 is 4.74 Å². The van der Waals surface area contributed by atoms with Crippen molar-refractivity contribution in [3.05, 3.63) is 0 Å². The van der Waals surface area contributed by atoms with Crippen LogP contribution in [0.15, 0.2) is 0 Å². The zero-order valence-corrected chi connectivity index (χ0v) is 11.8. The first-order valence-corrected chi connectivity index (χ1v) is 6.86. The molecule has 1 aliphatic rings. The third kappa shape index (κ3) is 11.9. The molecule has 0 atom stereocenters. The molecule has 0 unspecified atom stereocenters. The lowest BCUT2D eigenvalue weighted by atomic mass is 9.89. The fourth-order valence-electron chi connectivity index (χ4n) is 1.63. The van der Waals surface area contributed by atoms with Gasteiger partial charge in [-0.1, -0.05) is 41.0 Å². The summed E-state index contributed by atoms with van der Waals surface area (Å²) < 4.78 is 5.53. The van der Waals surface area contributed by atoms with Gasteiger partial charge in [-0.15, -0.1) is 0 Å². The summed E-state index contributed by atoms with van der Waals surface area (Å²) in [6, 6.07) is 0. The predicted molar refractivity (Wildman–Crippen MR) is 70.4 cm³/mol. The summed E-state index contributed by atoms with van der Waals surface area (Å²) in [6.45, 7) is 13.6. The summed E-state index contributed by atoms with van der Waals surface area (Å²) in [5, 5.41) is 0. The smallest absolute Gasteiger partial charge is 0.0575 e. The van der Waals surface area contributed by atoms with Crippen molar-refractivity contribution in [3.63, 3.8) is 0 Å². The van der Waals surface area contributed by atoms with E-state index in [9.17, 15) is 0 Å². The van der Waals surface area contributed by atoms with E-state index < -0.39 is 0 Å². The summed E-state index contributed by atoms with van der Waals surface area (Å²) in [7, 11) is 0. The third-order valence-corrected chi connectivity index (χ3v) is 2.37. The highest BCUT2D eigenvalue weighted by atomic mass is 16.5. The summed E-state index contributed by atoms with van der Waals surface area (Å²) in [5.74, 6) is 0.941. The molecule has 1 saturated carbocycles. The second-order valence-corrected chi connectivity index (χ2v) is 4.04. The SMILES string of the molecule is CC.CCC.CCOC1CCC(C)CC1. The third-order valence-electron chi connectivity index (χ3n) is 2.37. The zero-order valence-electron chi connectivity index (χ0n) is 11.8. The van der Waals surface area contributed by atoms with Crippen LogP contribution < -0.4 is 0 Å². The van der Waals surface area contributed by atoms with Gasteiger partial charge in [0.05, 0.1) is 6.10 Å². The van der Waals surface area contributed by atoms with Gasteiger partial charge in [-0.25, -0.2) is 0 Å². The molecule has 0 aromatic rings. The maximum absolute atomic E-state index is 5.53. The van der Waals surface area contributed by atoms with Crippen molar-refractivity contribution in [3.8, 4) is 0 Å². The lowest BCUT2D eigenvalue weighted by Crippen LogP contribution is -2.20. The van der Waals surface area contributed by atoms with Crippen LogP contribution in [-0.4, -0.2) is 12.7 Å². The zero-order chi connectivity index (χ0) is 12.1. The Bertz CT molecular complexity index is 93.5. The average molecular weight is 216 g/mol. The van der Waals surface area contributed by atoms with Crippen LogP contribution >= 0.6 is 0 Å². The van der Waals surface area contributed by atoms with Crippen LogP contribution in [0.1, 0.15) is 73.6 Å². The van der Waals surface area contributed by atoms with E-state index in [0.29, 0.717) is 6.10 Å². The molecular weight excluding hydrogens is 184 g/mol. The van der Waals surface area contributed by atoms with E-state index in [-0.39, 0.29) is 0 Å². The van der Waals surface area contributed by atoms with Crippen molar-refractivity contribution in [1.82, 2.24) is 0 Å². The fraction of sp³-hybridized carbons (Fsp3) is 1.00. The van der Waals surface area contributed by atoms with E-state index in [4.69, 9.17) is 4.74 Å². The summed E-state index contributed by atoms with van der Waals surface area (Å²) in [5.41, 5.74) is 0. The van der Waals surface area contributed by atoms with Gasteiger partial charge in [-0.3, -0.25) is 0 Å². The molecule has 0 N–H and O–H groups in total. The van der Waals surface area contributed by atoms with Crippen LogP contribution in [0.2, 0.25) is 0 Å². The first-order valence-electron chi connectivity index (χ1n) is 6.86. The van der Waals surface area contributed by atoms with Crippen molar-refractivity contribution in [2.75, 3.05) is 6.61 Å². The molecule has 0 bridgehead atoms. The van der Waals surface area contributed by atoms with Crippen molar-refractivity contribution in [2.45, 2.75) is 79.8 Å². The van der Waals surface area contributed by atoms with E-state index in [0.717, 1.165) is 12.5 Å². The van der Waals surface area contributed by atoms with Gasteiger partial charge >= 0.3 is 0 Å². The van der Waals surface area contributed by atoms with Gasteiger partial charge in [-0.2, -0.15) is 0 Å². The Morgan fingerprint density at radius 3 is 1.67 bits per heavy atom. The highest BCUT2D eigenvalue weighted by Gasteiger charge is 2.17. The summed E-state index contributed by atoms with van der Waals surface area (Å²) >= 11 is 0. The molecule has 0 aromatic heterocycles. The molecule has 0 aliphatic heterocycles. The normalized spacial score (nSPS) is 24.4. The van der Waals surface area contributed by atoms with Crippen LogP contribution in [0, 0.1) is 5.92 Å². The van der Waals surface area contributed by atoms with Crippen molar-refractivity contribution >= 4 is 0 Å². The van der Waals surface area contributed by atoms with Gasteiger partial charge in [0.1, 0.15) is 0 Å². The van der Waals surface area contributed by atoms with Crippen LogP contribution in [0.4, 0.5) is 0 Å². The van der Waals surface area contributed by atoms with E-state index in [1.807, 2.05) is 13.8 Å². The van der Waals surface area contributed by atoms with E-state index in [1.54, 1.807) is 0 Å². The molecular formula is C14H32O. The second kappa shape index (κ2) is 14.0. The molecule has 0 amide bonds. The highest BCUT2D eigenvalue weighted by molar-refractivity contribution is 4.69. The lowest BCUT2D eigenvalue weighted by molar-refractivity contribution is 0.0276. The molecule has 0 heterocycles. The molecule has 1 rings (SSSR count). The van der Waals surface area contributed by atoms with E-state index >= 15 is 0 Å². The minimum atomic E-state index is 0.584. The van der Waals surface area contributed by atoms with Gasteiger partial charge < -0.3 is 4.74 Å².